The van der Waals surface area contributed by atoms with Gasteiger partial charge >= 0.3 is 0 Å². The normalized spacial score (nSPS) is 35.2. The van der Waals surface area contributed by atoms with Crippen LogP contribution in [0.4, 0.5) is 0 Å². The summed E-state index contributed by atoms with van der Waals surface area (Å²) < 4.78 is 25.2. The Morgan fingerprint density at radius 3 is 2.38 bits per heavy atom. The van der Waals surface area contributed by atoms with E-state index in [1.807, 2.05) is 0 Å². The number of sulfonamides is 1. The van der Waals surface area contributed by atoms with E-state index in [-0.39, 0.29) is 11.8 Å². The first-order chi connectivity index (χ1) is 7.25. The van der Waals surface area contributed by atoms with Crippen LogP contribution in [0.25, 0.3) is 0 Å². The SMILES string of the molecule is C=CC1CC1(C)C(=O)NS(=O)(=O)C1(C)CC1. The molecule has 0 spiro atoms. The highest BCUT2D eigenvalue weighted by molar-refractivity contribution is 7.91. The molecule has 1 amide bonds. The molecule has 0 aliphatic heterocycles. The standard InChI is InChI=1S/C11H17NO3S/c1-4-8-7-11(8,3)9(13)12-16(14,15)10(2)5-6-10/h4,8H,1,5-7H2,2-3H3,(H,12,13). The first-order valence-corrected chi connectivity index (χ1v) is 6.93. The number of hydrogen-bond acceptors (Lipinski definition) is 3. The fraction of sp³-hybridized carbons (Fsp3) is 0.727. The zero-order valence-electron chi connectivity index (χ0n) is 9.62. The van der Waals surface area contributed by atoms with Gasteiger partial charge in [0.15, 0.2) is 0 Å². The van der Waals surface area contributed by atoms with E-state index in [4.69, 9.17) is 0 Å². The average molecular weight is 243 g/mol. The second-order valence-electron chi connectivity index (χ2n) is 5.35. The van der Waals surface area contributed by atoms with Crippen LogP contribution in [0.2, 0.25) is 0 Å². The Morgan fingerprint density at radius 1 is 1.44 bits per heavy atom. The molecule has 2 unspecified atom stereocenters. The van der Waals surface area contributed by atoms with Crippen molar-refractivity contribution in [2.24, 2.45) is 11.3 Å². The van der Waals surface area contributed by atoms with Crippen LogP contribution in [0.15, 0.2) is 12.7 Å². The highest BCUT2D eigenvalue weighted by Crippen LogP contribution is 2.53. The quantitative estimate of drug-likeness (QED) is 0.755. The fourth-order valence-corrected chi connectivity index (χ4v) is 3.17. The lowest BCUT2D eigenvalue weighted by molar-refractivity contribution is -0.124. The average Bonchev–Trinajstić information content (AvgIpc) is 3.04. The smallest absolute Gasteiger partial charge is 0.240 e. The van der Waals surface area contributed by atoms with Crippen molar-refractivity contribution in [3.05, 3.63) is 12.7 Å². The third-order valence-electron chi connectivity index (χ3n) is 3.94. The minimum atomic E-state index is -3.49. The van der Waals surface area contributed by atoms with Gasteiger partial charge in [-0.2, -0.15) is 0 Å². The number of amides is 1. The van der Waals surface area contributed by atoms with E-state index in [2.05, 4.69) is 11.3 Å². The van der Waals surface area contributed by atoms with Gasteiger partial charge in [0.05, 0.1) is 10.2 Å². The fourth-order valence-electron chi connectivity index (χ4n) is 1.81. The molecule has 5 heteroatoms. The molecule has 2 aliphatic carbocycles. The van der Waals surface area contributed by atoms with Crippen molar-refractivity contribution in [3.63, 3.8) is 0 Å². The molecule has 0 aromatic carbocycles. The predicted molar refractivity (Wildman–Crippen MR) is 61.1 cm³/mol. The van der Waals surface area contributed by atoms with Gasteiger partial charge in [-0.25, -0.2) is 8.42 Å². The minimum absolute atomic E-state index is 0.106. The third kappa shape index (κ3) is 1.57. The minimum Gasteiger partial charge on any atom is -0.273 e. The van der Waals surface area contributed by atoms with Crippen LogP contribution in [0.5, 0.6) is 0 Å². The molecule has 4 nitrogen and oxygen atoms in total. The van der Waals surface area contributed by atoms with E-state index < -0.39 is 20.2 Å². The number of hydrogen-bond donors (Lipinski definition) is 1. The number of rotatable bonds is 4. The van der Waals surface area contributed by atoms with E-state index >= 15 is 0 Å². The molecular weight excluding hydrogens is 226 g/mol. The predicted octanol–water partition coefficient (Wildman–Crippen LogP) is 1.20. The molecule has 1 N–H and O–H groups in total. The van der Waals surface area contributed by atoms with Crippen LogP contribution in [0.3, 0.4) is 0 Å². The lowest BCUT2D eigenvalue weighted by Gasteiger charge is -2.15. The van der Waals surface area contributed by atoms with Gasteiger partial charge in [0.2, 0.25) is 15.9 Å². The molecule has 0 aromatic heterocycles. The third-order valence-corrected chi connectivity index (χ3v) is 6.10. The number of carbonyl (C=O) groups is 1. The van der Waals surface area contributed by atoms with Crippen molar-refractivity contribution in [3.8, 4) is 0 Å². The van der Waals surface area contributed by atoms with Crippen molar-refractivity contribution < 1.29 is 13.2 Å². The Balaban J connectivity index is 2.07. The Bertz CT molecular complexity index is 450. The highest BCUT2D eigenvalue weighted by Gasteiger charge is 2.57. The molecule has 0 bridgehead atoms. The summed E-state index contributed by atoms with van der Waals surface area (Å²) in [4.78, 5) is 11.8. The molecule has 0 heterocycles. The molecule has 2 fully saturated rings. The maximum atomic E-state index is 11.8. The van der Waals surface area contributed by atoms with E-state index in [1.165, 1.54) is 0 Å². The maximum Gasteiger partial charge on any atom is 0.240 e. The Kier molecular flexibility index (Phi) is 2.25. The summed E-state index contributed by atoms with van der Waals surface area (Å²) in [6, 6.07) is 0. The summed E-state index contributed by atoms with van der Waals surface area (Å²) in [5.74, 6) is -0.278. The first kappa shape index (κ1) is 11.6. The van der Waals surface area contributed by atoms with E-state index in [9.17, 15) is 13.2 Å². The number of allylic oxidation sites excluding steroid dienone is 1. The van der Waals surface area contributed by atoms with Crippen LogP contribution in [-0.4, -0.2) is 19.1 Å². The van der Waals surface area contributed by atoms with Crippen LogP contribution in [0.1, 0.15) is 33.1 Å². The van der Waals surface area contributed by atoms with Gasteiger partial charge in [0.1, 0.15) is 0 Å². The zero-order chi connectivity index (χ0) is 12.2. The molecule has 0 saturated heterocycles. The summed E-state index contributed by atoms with van der Waals surface area (Å²) in [5, 5.41) is 0. The summed E-state index contributed by atoms with van der Waals surface area (Å²) >= 11 is 0. The van der Waals surface area contributed by atoms with Crippen LogP contribution < -0.4 is 4.72 Å². The Labute approximate surface area is 96.2 Å². The van der Waals surface area contributed by atoms with Gasteiger partial charge in [-0.1, -0.05) is 13.0 Å². The van der Waals surface area contributed by atoms with Crippen LogP contribution in [0, 0.1) is 11.3 Å². The van der Waals surface area contributed by atoms with Crippen molar-refractivity contribution in [2.75, 3.05) is 0 Å². The van der Waals surface area contributed by atoms with Crippen LogP contribution >= 0.6 is 0 Å². The maximum absolute atomic E-state index is 11.8. The molecule has 16 heavy (non-hydrogen) atoms. The summed E-state index contributed by atoms with van der Waals surface area (Å²) in [7, 11) is -3.49. The molecular formula is C11H17NO3S. The second-order valence-corrected chi connectivity index (χ2v) is 7.54. The number of carbonyl (C=O) groups excluding carboxylic acids is 1. The zero-order valence-corrected chi connectivity index (χ0v) is 10.4. The van der Waals surface area contributed by atoms with Gasteiger partial charge in [0, 0.05) is 0 Å². The topological polar surface area (TPSA) is 63.2 Å². The molecule has 2 aliphatic rings. The van der Waals surface area contributed by atoms with E-state index in [0.717, 1.165) is 0 Å². The van der Waals surface area contributed by atoms with Gasteiger partial charge in [-0.3, -0.25) is 9.52 Å². The molecule has 0 aromatic rings. The van der Waals surface area contributed by atoms with Gasteiger partial charge in [-0.05, 0) is 32.1 Å². The first-order valence-electron chi connectivity index (χ1n) is 5.44. The van der Waals surface area contributed by atoms with Gasteiger partial charge in [0.25, 0.3) is 0 Å². The Morgan fingerprint density at radius 2 is 2.00 bits per heavy atom. The summed E-state index contributed by atoms with van der Waals surface area (Å²) in [6.07, 6.45) is 3.67. The van der Waals surface area contributed by atoms with Crippen molar-refractivity contribution >= 4 is 15.9 Å². The van der Waals surface area contributed by atoms with E-state index in [1.54, 1.807) is 19.9 Å². The van der Waals surface area contributed by atoms with Gasteiger partial charge < -0.3 is 0 Å². The van der Waals surface area contributed by atoms with Gasteiger partial charge in [-0.15, -0.1) is 6.58 Å². The van der Waals surface area contributed by atoms with Crippen molar-refractivity contribution in [2.45, 2.75) is 37.9 Å². The van der Waals surface area contributed by atoms with Crippen LogP contribution in [-0.2, 0) is 14.8 Å². The molecule has 2 atom stereocenters. The largest absolute Gasteiger partial charge is 0.273 e. The lowest BCUT2D eigenvalue weighted by atomic mass is 10.1. The monoisotopic (exact) mass is 243 g/mol. The summed E-state index contributed by atoms with van der Waals surface area (Å²) in [5.41, 5.74) is -0.569. The molecule has 90 valence electrons. The molecule has 2 saturated carbocycles. The van der Waals surface area contributed by atoms with Crippen molar-refractivity contribution in [1.29, 1.82) is 0 Å². The summed E-state index contributed by atoms with van der Waals surface area (Å²) in [6.45, 7) is 7.08. The number of nitrogens with one attached hydrogen (secondary N) is 1. The van der Waals surface area contributed by atoms with Crippen molar-refractivity contribution in [1.82, 2.24) is 4.72 Å². The lowest BCUT2D eigenvalue weighted by Crippen LogP contribution is -2.42. The highest BCUT2D eigenvalue weighted by atomic mass is 32.2. The molecule has 0 radical (unpaired) electrons. The Hall–Kier alpha value is -0.840. The molecule has 2 rings (SSSR count). The van der Waals surface area contributed by atoms with E-state index in [0.29, 0.717) is 19.3 Å². The second kappa shape index (κ2) is 3.09.